The fourth-order valence-corrected chi connectivity index (χ4v) is 4.37. The molecule has 4 rings (SSSR count). The van der Waals surface area contributed by atoms with Crippen LogP contribution in [0.25, 0.3) is 9.69 Å². The lowest BCUT2D eigenvalue weighted by molar-refractivity contribution is -0.137. The van der Waals surface area contributed by atoms with Crippen LogP contribution in [0.5, 0.6) is 0 Å². The highest BCUT2D eigenvalue weighted by Crippen LogP contribution is 2.39. The van der Waals surface area contributed by atoms with E-state index < -0.39 is 57.7 Å². The van der Waals surface area contributed by atoms with Crippen LogP contribution in [0.15, 0.2) is 51.7 Å². The molecule has 2 heterocycles. The van der Waals surface area contributed by atoms with Crippen LogP contribution >= 0.6 is 0 Å². The first-order valence-corrected chi connectivity index (χ1v) is 12.8. The first kappa shape index (κ1) is 33.5. The Morgan fingerprint density at radius 3 is 1.75 bits per heavy atom. The molecule has 2 aromatic carbocycles. The summed E-state index contributed by atoms with van der Waals surface area (Å²) in [5.74, 6) is -1.01. The van der Waals surface area contributed by atoms with E-state index in [0.717, 1.165) is 30.0 Å². The van der Waals surface area contributed by atoms with Gasteiger partial charge in [-0.15, -0.1) is 0 Å². The molecule has 232 valence electrons. The maximum Gasteiger partial charge on any atom is 0.407 e. The van der Waals surface area contributed by atoms with Crippen LogP contribution in [0.4, 0.5) is 49.1 Å². The van der Waals surface area contributed by atoms with Crippen molar-refractivity contribution < 1.29 is 35.9 Å². The number of nitrogens with zero attached hydrogens (tertiary/aromatic N) is 5. The molecule has 16 heteroatoms. The lowest BCUT2D eigenvalue weighted by Crippen LogP contribution is -2.47. The Labute approximate surface area is 248 Å². The summed E-state index contributed by atoms with van der Waals surface area (Å²) >= 11 is 0. The van der Waals surface area contributed by atoms with Gasteiger partial charge in [0.25, 0.3) is 11.8 Å². The molecule has 3 unspecified atom stereocenters. The molecule has 0 radical (unpaired) electrons. The van der Waals surface area contributed by atoms with Gasteiger partial charge in [0, 0.05) is 29.9 Å². The molecule has 0 saturated heterocycles. The molecule has 0 fully saturated rings. The third-order valence-corrected chi connectivity index (χ3v) is 6.62. The monoisotopic (exact) mass is 620 g/mol. The first-order chi connectivity index (χ1) is 20.3. The lowest BCUT2D eigenvalue weighted by atomic mass is 9.95. The molecular weight excluding hydrogens is 594 g/mol. The summed E-state index contributed by atoms with van der Waals surface area (Å²) in [6.45, 7) is 20.3. The number of hydrogen-bond acceptors (Lipinski definition) is 6. The van der Waals surface area contributed by atoms with Crippen molar-refractivity contribution in [2.75, 3.05) is 10.6 Å². The molecule has 44 heavy (non-hydrogen) atoms. The molecule has 10 nitrogen and oxygen atoms in total. The van der Waals surface area contributed by atoms with Crippen molar-refractivity contribution in [3.05, 3.63) is 70.4 Å². The van der Waals surface area contributed by atoms with Gasteiger partial charge in [-0.1, -0.05) is 12.1 Å². The average molecular weight is 621 g/mol. The quantitative estimate of drug-likeness (QED) is 0.243. The number of nitrogens with one attached hydrogen (secondary N) is 3. The Balaban J connectivity index is 0.000000240. The van der Waals surface area contributed by atoms with Crippen molar-refractivity contribution in [1.29, 1.82) is 0 Å². The number of rotatable bonds is 4. The van der Waals surface area contributed by atoms with Crippen molar-refractivity contribution in [2.24, 2.45) is 15.3 Å². The Hall–Kier alpha value is -4.99. The van der Waals surface area contributed by atoms with Gasteiger partial charge in [-0.3, -0.25) is 15.0 Å². The van der Waals surface area contributed by atoms with Crippen LogP contribution in [0.2, 0.25) is 0 Å². The number of azo groups is 1. The van der Waals surface area contributed by atoms with Crippen LogP contribution in [-0.2, 0) is 21.9 Å². The molecule has 0 bridgehead atoms. The fourth-order valence-electron chi connectivity index (χ4n) is 4.37. The van der Waals surface area contributed by atoms with Gasteiger partial charge in [0.15, 0.2) is 16.9 Å². The van der Waals surface area contributed by atoms with E-state index >= 15 is 0 Å². The molecule has 3 atom stereocenters. The number of amides is 2. The highest BCUT2D eigenvalue weighted by atomic mass is 19.4. The van der Waals surface area contributed by atoms with Gasteiger partial charge < -0.3 is 10.6 Å². The number of carbonyl (C=O) groups is 2. The minimum absolute atomic E-state index is 0.0164. The van der Waals surface area contributed by atoms with Gasteiger partial charge >= 0.3 is 12.4 Å². The summed E-state index contributed by atoms with van der Waals surface area (Å²) in [7, 11) is 0. The van der Waals surface area contributed by atoms with Gasteiger partial charge in [0.2, 0.25) is 0 Å². The summed E-state index contributed by atoms with van der Waals surface area (Å²) in [5, 5.41) is 16.5. The zero-order valence-corrected chi connectivity index (χ0v) is 23.8. The minimum Gasteiger partial charge on any atom is -0.324 e. The van der Waals surface area contributed by atoms with Crippen LogP contribution < -0.4 is 16.1 Å². The van der Waals surface area contributed by atoms with E-state index in [1.807, 2.05) is 0 Å². The van der Waals surface area contributed by atoms with E-state index in [1.54, 1.807) is 27.7 Å². The molecule has 0 aromatic heterocycles. The van der Waals surface area contributed by atoms with Gasteiger partial charge in [-0.2, -0.15) is 41.7 Å². The molecule has 2 aliphatic heterocycles. The van der Waals surface area contributed by atoms with Crippen LogP contribution in [0.1, 0.15) is 51.7 Å². The zero-order valence-electron chi connectivity index (χ0n) is 23.8. The average Bonchev–Trinajstić information content (AvgIpc) is 3.49. The first-order valence-electron chi connectivity index (χ1n) is 12.8. The van der Waals surface area contributed by atoms with Crippen molar-refractivity contribution in [1.82, 2.24) is 5.43 Å². The third-order valence-electron chi connectivity index (χ3n) is 6.62. The summed E-state index contributed by atoms with van der Waals surface area (Å²) < 4.78 is 77.4. The van der Waals surface area contributed by atoms with Crippen molar-refractivity contribution in [3.8, 4) is 0 Å². The van der Waals surface area contributed by atoms with Crippen LogP contribution in [0.3, 0.4) is 0 Å². The second-order valence-corrected chi connectivity index (χ2v) is 10.6. The second kappa shape index (κ2) is 12.3. The Morgan fingerprint density at radius 2 is 1.39 bits per heavy atom. The summed E-state index contributed by atoms with van der Waals surface area (Å²) in [5.41, 5.74) is -1.88. The number of carbonyl (C=O) groups excluding carboxylic acids is 2. The third kappa shape index (κ3) is 7.69. The summed E-state index contributed by atoms with van der Waals surface area (Å²) in [6, 6.07) is 6.02. The summed E-state index contributed by atoms with van der Waals surface area (Å²) in [6.07, 6.45) is -8.56. The number of hydrazone groups is 1. The molecule has 0 spiro atoms. The highest BCUT2D eigenvalue weighted by molar-refractivity contribution is 6.03. The number of benzene rings is 2. The van der Waals surface area contributed by atoms with E-state index in [9.17, 15) is 35.9 Å². The van der Waals surface area contributed by atoms with E-state index in [2.05, 4.69) is 41.1 Å². The molecule has 2 aliphatic rings. The van der Waals surface area contributed by atoms with Gasteiger partial charge in [0.05, 0.1) is 30.3 Å². The summed E-state index contributed by atoms with van der Waals surface area (Å²) in [4.78, 5) is 30.1. The molecule has 2 aromatic rings. The number of anilines is 2. The molecule has 0 aliphatic carbocycles. The molecule has 0 saturated carbocycles. The van der Waals surface area contributed by atoms with E-state index in [0.29, 0.717) is 12.8 Å². The van der Waals surface area contributed by atoms with Crippen LogP contribution in [-0.4, -0.2) is 34.6 Å². The highest BCUT2D eigenvalue weighted by Gasteiger charge is 2.40. The Kier molecular flexibility index (Phi) is 9.38. The second-order valence-electron chi connectivity index (χ2n) is 10.6. The van der Waals surface area contributed by atoms with Gasteiger partial charge in [-0.05, 0) is 52.0 Å². The number of halogens is 6. The maximum atomic E-state index is 12.9. The van der Waals surface area contributed by atoms with E-state index in [4.69, 9.17) is 13.1 Å². The Morgan fingerprint density at radius 1 is 0.909 bits per heavy atom. The fraction of sp³-hybridized carbons (Fsp3) is 0.393. The van der Waals surface area contributed by atoms with Crippen molar-refractivity contribution >= 4 is 40.3 Å². The van der Waals surface area contributed by atoms with Crippen molar-refractivity contribution in [2.45, 2.75) is 70.0 Å². The normalized spacial score (nSPS) is 22.5. The predicted molar refractivity (Wildman–Crippen MR) is 149 cm³/mol. The molecule has 2 amide bonds. The van der Waals surface area contributed by atoms with Crippen molar-refractivity contribution in [3.63, 3.8) is 0 Å². The minimum atomic E-state index is -4.66. The smallest absolute Gasteiger partial charge is 0.324 e. The maximum absolute atomic E-state index is 12.9. The van der Waals surface area contributed by atoms with Gasteiger partial charge in [-0.25, -0.2) is 9.69 Å². The standard InChI is InChI=1S/2C14H13F3N4O/c2*1-8-7-13(2,21-20-8)12(22)19-9-4-5-11(18-3)10(6-9)14(15,16)17/h4-6,21H,7H2,1-2H3,(H,19,22);4-6,8H,7H2,1-2H3,(H,19,22). The lowest BCUT2D eigenvalue weighted by Gasteiger charge is -2.22. The number of alkyl halides is 6. The topological polar surface area (TPSA) is 116 Å². The molecular formula is C28H26F6N8O2. The number of hydrogen-bond donors (Lipinski definition) is 3. The van der Waals surface area contributed by atoms with E-state index in [-0.39, 0.29) is 17.4 Å². The largest absolute Gasteiger partial charge is 0.407 e. The van der Waals surface area contributed by atoms with Crippen LogP contribution in [0, 0.1) is 13.1 Å². The SMILES string of the molecule is [C-]#[N+]c1ccc(NC(=O)C2(C)CC(C)=NN2)cc1C(F)(F)F.[C-]#[N+]c1ccc(NC(=O)C2(C)CC(C)N=N2)cc1C(F)(F)F. The van der Waals surface area contributed by atoms with E-state index in [1.165, 1.54) is 12.1 Å². The zero-order chi connectivity index (χ0) is 33.1. The Bertz CT molecular complexity index is 1600. The molecule has 3 N–H and O–H groups in total. The van der Waals surface area contributed by atoms with Gasteiger partial charge in [0.1, 0.15) is 5.54 Å². The predicted octanol–water partition coefficient (Wildman–Crippen LogP) is 7.52.